The van der Waals surface area contributed by atoms with E-state index in [4.69, 9.17) is 27.9 Å². The molecule has 1 N–H and O–H groups in total. The van der Waals surface area contributed by atoms with E-state index in [2.05, 4.69) is 5.32 Å². The molecule has 0 aliphatic carbocycles. The van der Waals surface area contributed by atoms with Crippen LogP contribution in [0, 0.1) is 0 Å². The van der Waals surface area contributed by atoms with Gasteiger partial charge in [0.15, 0.2) is 11.9 Å². The smallest absolute Gasteiger partial charge is 0.265 e. The summed E-state index contributed by atoms with van der Waals surface area (Å²) in [6, 6.07) is 20.4. The van der Waals surface area contributed by atoms with Crippen LogP contribution < -0.4 is 10.1 Å². The summed E-state index contributed by atoms with van der Waals surface area (Å²) in [4.78, 5) is 25.4. The number of hydrogen-bond donors (Lipinski definition) is 1. The van der Waals surface area contributed by atoms with Crippen LogP contribution in [0.1, 0.15) is 22.8 Å². The van der Waals surface area contributed by atoms with Crippen molar-refractivity contribution in [1.82, 2.24) is 0 Å². The van der Waals surface area contributed by atoms with E-state index in [-0.39, 0.29) is 5.78 Å². The van der Waals surface area contributed by atoms with Crippen LogP contribution in [-0.4, -0.2) is 17.8 Å². The number of carbonyl (C=O) groups excluding carboxylic acids is 2. The normalized spacial score (nSPS) is 11.5. The predicted octanol–water partition coefficient (Wildman–Crippen LogP) is 5.63. The lowest BCUT2D eigenvalue weighted by atomic mass is 10.0. The molecule has 28 heavy (non-hydrogen) atoms. The minimum atomic E-state index is -0.824. The van der Waals surface area contributed by atoms with Gasteiger partial charge in [-0.05, 0) is 37.3 Å². The summed E-state index contributed by atoms with van der Waals surface area (Å²) < 4.78 is 5.63. The van der Waals surface area contributed by atoms with E-state index in [1.807, 2.05) is 6.07 Å². The van der Waals surface area contributed by atoms with Crippen LogP contribution in [0.5, 0.6) is 5.75 Å². The van der Waals surface area contributed by atoms with Crippen LogP contribution in [-0.2, 0) is 4.79 Å². The van der Waals surface area contributed by atoms with Gasteiger partial charge in [-0.3, -0.25) is 9.59 Å². The van der Waals surface area contributed by atoms with Crippen molar-refractivity contribution in [2.45, 2.75) is 13.0 Å². The van der Waals surface area contributed by atoms with Gasteiger partial charge in [0.1, 0.15) is 5.75 Å². The maximum Gasteiger partial charge on any atom is 0.265 e. The predicted molar refractivity (Wildman–Crippen MR) is 111 cm³/mol. The Hall–Kier alpha value is -2.82. The molecule has 0 unspecified atom stereocenters. The molecule has 0 spiro atoms. The van der Waals surface area contributed by atoms with Crippen molar-refractivity contribution in [1.29, 1.82) is 0 Å². The largest absolute Gasteiger partial charge is 0.479 e. The highest BCUT2D eigenvalue weighted by molar-refractivity contribution is 6.32. The molecule has 0 aliphatic rings. The molecular formula is C22H17Cl2NO3. The fraction of sp³-hybridized carbons (Fsp3) is 0.0909. The molecule has 0 fully saturated rings. The van der Waals surface area contributed by atoms with Crippen LogP contribution >= 0.6 is 23.2 Å². The monoisotopic (exact) mass is 413 g/mol. The Morgan fingerprint density at radius 1 is 0.929 bits per heavy atom. The number of carbonyl (C=O) groups is 2. The number of anilines is 1. The zero-order valence-electron chi connectivity index (χ0n) is 15.0. The molecule has 0 bridgehead atoms. The van der Waals surface area contributed by atoms with Gasteiger partial charge in [0.25, 0.3) is 5.91 Å². The van der Waals surface area contributed by atoms with E-state index in [1.54, 1.807) is 67.6 Å². The summed E-state index contributed by atoms with van der Waals surface area (Å²) >= 11 is 12.1. The van der Waals surface area contributed by atoms with Crippen molar-refractivity contribution in [2.24, 2.45) is 0 Å². The van der Waals surface area contributed by atoms with Gasteiger partial charge in [0.05, 0.1) is 10.7 Å². The lowest BCUT2D eigenvalue weighted by Gasteiger charge is -2.17. The summed E-state index contributed by atoms with van der Waals surface area (Å²) in [5.41, 5.74) is 1.16. The first-order valence-electron chi connectivity index (χ1n) is 8.57. The van der Waals surface area contributed by atoms with Crippen LogP contribution in [0.4, 0.5) is 5.69 Å². The van der Waals surface area contributed by atoms with Gasteiger partial charge in [-0.1, -0.05) is 65.7 Å². The number of ether oxygens (including phenoxy) is 1. The van der Waals surface area contributed by atoms with Crippen LogP contribution in [0.25, 0.3) is 0 Å². The fourth-order valence-corrected chi connectivity index (χ4v) is 2.93. The lowest BCUT2D eigenvalue weighted by Crippen LogP contribution is -2.30. The van der Waals surface area contributed by atoms with E-state index in [9.17, 15) is 9.59 Å². The Bertz CT molecular complexity index is 1010. The lowest BCUT2D eigenvalue weighted by molar-refractivity contribution is -0.122. The molecule has 0 aromatic heterocycles. The number of hydrogen-bond acceptors (Lipinski definition) is 3. The molecule has 142 valence electrons. The second kappa shape index (κ2) is 8.91. The van der Waals surface area contributed by atoms with E-state index >= 15 is 0 Å². The van der Waals surface area contributed by atoms with Gasteiger partial charge in [-0.2, -0.15) is 0 Å². The molecule has 1 atom stereocenters. The molecule has 0 saturated heterocycles. The zero-order chi connectivity index (χ0) is 20.1. The van der Waals surface area contributed by atoms with Crippen molar-refractivity contribution >= 4 is 40.6 Å². The molecule has 3 aromatic rings. The second-order valence-electron chi connectivity index (χ2n) is 6.06. The highest BCUT2D eigenvalue weighted by Gasteiger charge is 2.20. The van der Waals surface area contributed by atoms with E-state index in [0.717, 1.165) is 0 Å². The van der Waals surface area contributed by atoms with Crippen LogP contribution in [0.15, 0.2) is 72.8 Å². The third-order valence-corrected chi connectivity index (χ3v) is 4.58. The SMILES string of the molecule is C[C@H](Oc1ccccc1Cl)C(=O)Nc1ccc(Cl)cc1C(=O)c1ccccc1. The first-order chi connectivity index (χ1) is 13.5. The number of ketones is 1. The molecule has 0 radical (unpaired) electrons. The maximum atomic E-state index is 12.8. The zero-order valence-corrected chi connectivity index (χ0v) is 16.5. The molecule has 3 rings (SSSR count). The summed E-state index contributed by atoms with van der Waals surface area (Å²) in [6.07, 6.45) is -0.824. The quantitative estimate of drug-likeness (QED) is 0.532. The number of nitrogens with one attached hydrogen (secondary N) is 1. The Balaban J connectivity index is 1.81. The fourth-order valence-electron chi connectivity index (χ4n) is 2.58. The summed E-state index contributed by atoms with van der Waals surface area (Å²) in [5, 5.41) is 3.55. The van der Waals surface area contributed by atoms with Crippen LogP contribution in [0.3, 0.4) is 0 Å². The van der Waals surface area contributed by atoms with E-state index in [1.165, 1.54) is 6.07 Å². The number of amides is 1. The molecule has 0 aliphatic heterocycles. The highest BCUT2D eigenvalue weighted by atomic mass is 35.5. The Kier molecular flexibility index (Phi) is 6.34. The first-order valence-corrected chi connectivity index (χ1v) is 9.32. The number of benzene rings is 3. The molecular weight excluding hydrogens is 397 g/mol. The number of para-hydroxylation sites is 1. The highest BCUT2D eigenvalue weighted by Crippen LogP contribution is 2.26. The average molecular weight is 414 g/mol. The topological polar surface area (TPSA) is 55.4 Å². The summed E-state index contributed by atoms with van der Waals surface area (Å²) in [6.45, 7) is 1.60. The Morgan fingerprint density at radius 2 is 1.61 bits per heavy atom. The van der Waals surface area contributed by atoms with Gasteiger partial charge < -0.3 is 10.1 Å². The molecule has 1 amide bonds. The number of halogens is 2. The standard InChI is InChI=1S/C22H17Cl2NO3/c1-14(28-20-10-6-5-9-18(20)24)22(27)25-19-12-11-16(23)13-17(19)21(26)15-7-3-2-4-8-15/h2-14H,1H3,(H,25,27)/t14-/m0/s1. The summed E-state index contributed by atoms with van der Waals surface area (Å²) in [5.74, 6) is -0.245. The van der Waals surface area contributed by atoms with Gasteiger partial charge >= 0.3 is 0 Å². The van der Waals surface area contributed by atoms with Crippen molar-refractivity contribution in [3.05, 3.63) is 94.0 Å². The minimum absolute atomic E-state index is 0.238. The van der Waals surface area contributed by atoms with Crippen molar-refractivity contribution in [2.75, 3.05) is 5.32 Å². The van der Waals surface area contributed by atoms with Crippen molar-refractivity contribution < 1.29 is 14.3 Å². The maximum absolute atomic E-state index is 12.8. The third kappa shape index (κ3) is 4.71. The molecule has 6 heteroatoms. The van der Waals surface area contributed by atoms with Crippen LogP contribution in [0.2, 0.25) is 10.0 Å². The van der Waals surface area contributed by atoms with Gasteiger partial charge in [-0.25, -0.2) is 0 Å². The second-order valence-corrected chi connectivity index (χ2v) is 6.91. The van der Waals surface area contributed by atoms with Gasteiger partial charge in [-0.15, -0.1) is 0 Å². The molecule has 0 saturated carbocycles. The van der Waals surface area contributed by atoms with Crippen molar-refractivity contribution in [3.63, 3.8) is 0 Å². The Labute approximate surface area is 173 Å². The first kappa shape index (κ1) is 19.9. The van der Waals surface area contributed by atoms with Crippen molar-refractivity contribution in [3.8, 4) is 5.75 Å². The number of rotatable bonds is 6. The Morgan fingerprint density at radius 3 is 2.32 bits per heavy atom. The minimum Gasteiger partial charge on any atom is -0.479 e. The van der Waals surface area contributed by atoms with Gasteiger partial charge in [0, 0.05) is 16.1 Å². The molecule has 3 aromatic carbocycles. The molecule has 4 nitrogen and oxygen atoms in total. The molecule has 0 heterocycles. The third-order valence-electron chi connectivity index (χ3n) is 4.03. The van der Waals surface area contributed by atoms with E-state index in [0.29, 0.717) is 32.6 Å². The van der Waals surface area contributed by atoms with E-state index < -0.39 is 12.0 Å². The van der Waals surface area contributed by atoms with Gasteiger partial charge in [0.2, 0.25) is 0 Å². The summed E-state index contributed by atoms with van der Waals surface area (Å²) in [7, 11) is 0. The average Bonchev–Trinajstić information content (AvgIpc) is 2.71.